The summed E-state index contributed by atoms with van der Waals surface area (Å²) >= 11 is 1.53. The Morgan fingerprint density at radius 1 is 1.41 bits per heavy atom. The van der Waals surface area contributed by atoms with Gasteiger partial charge in [-0.05, 0) is 31.0 Å². The Kier molecular flexibility index (Phi) is 3.89. The second-order valence-electron chi connectivity index (χ2n) is 4.16. The predicted octanol–water partition coefficient (Wildman–Crippen LogP) is 2.17. The van der Waals surface area contributed by atoms with Crippen molar-refractivity contribution in [2.24, 2.45) is 0 Å². The number of halogens is 1. The number of carbonyl (C=O) groups is 1. The molecule has 0 aliphatic carbocycles. The van der Waals surface area contributed by atoms with Gasteiger partial charge in [0.2, 0.25) is 5.91 Å². The van der Waals surface area contributed by atoms with Crippen LogP contribution < -0.4 is 11.1 Å². The molecule has 1 amide bonds. The van der Waals surface area contributed by atoms with Crippen LogP contribution in [0.3, 0.4) is 0 Å². The largest absolute Gasteiger partial charge is 0.399 e. The van der Waals surface area contributed by atoms with E-state index in [1.54, 1.807) is 6.07 Å². The molecule has 2 rings (SSSR count). The lowest BCUT2D eigenvalue weighted by atomic mass is 10.2. The standard InChI is InChI=1S/C12H15FN2OS/c13-8-4-9(14)6-11(5-8)17-10-2-1-3-15-12(16)7-10/h4-6,10H,1-3,7,14H2,(H,15,16). The van der Waals surface area contributed by atoms with E-state index in [2.05, 4.69) is 5.32 Å². The molecule has 1 fully saturated rings. The lowest BCUT2D eigenvalue weighted by Crippen LogP contribution is -2.22. The van der Waals surface area contributed by atoms with Crippen LogP contribution >= 0.6 is 11.8 Å². The maximum Gasteiger partial charge on any atom is 0.221 e. The zero-order valence-electron chi connectivity index (χ0n) is 9.41. The van der Waals surface area contributed by atoms with Crippen molar-refractivity contribution in [2.75, 3.05) is 12.3 Å². The minimum atomic E-state index is -0.328. The van der Waals surface area contributed by atoms with Gasteiger partial charge in [0, 0.05) is 28.8 Å². The van der Waals surface area contributed by atoms with Gasteiger partial charge in [-0.2, -0.15) is 0 Å². The Balaban J connectivity index is 2.06. The van der Waals surface area contributed by atoms with Crippen LogP contribution in [0.5, 0.6) is 0 Å². The molecule has 1 aliphatic rings. The van der Waals surface area contributed by atoms with Crippen LogP contribution in [0.2, 0.25) is 0 Å². The monoisotopic (exact) mass is 254 g/mol. The quantitative estimate of drug-likeness (QED) is 0.795. The Labute approximate surface area is 104 Å². The molecule has 1 atom stereocenters. The van der Waals surface area contributed by atoms with Crippen LogP contribution in [0.1, 0.15) is 19.3 Å². The summed E-state index contributed by atoms with van der Waals surface area (Å²) in [5, 5.41) is 3.04. The molecule has 1 aromatic rings. The highest BCUT2D eigenvalue weighted by Gasteiger charge is 2.18. The Morgan fingerprint density at radius 2 is 2.24 bits per heavy atom. The van der Waals surface area contributed by atoms with Gasteiger partial charge in [-0.3, -0.25) is 4.79 Å². The molecular formula is C12H15FN2OS. The highest BCUT2D eigenvalue weighted by atomic mass is 32.2. The SMILES string of the molecule is Nc1cc(F)cc(SC2CCCNC(=O)C2)c1. The molecule has 0 bridgehead atoms. The van der Waals surface area contributed by atoms with E-state index in [4.69, 9.17) is 5.73 Å². The van der Waals surface area contributed by atoms with Crippen LogP contribution in [0.15, 0.2) is 23.1 Å². The molecule has 1 unspecified atom stereocenters. The van der Waals surface area contributed by atoms with Gasteiger partial charge in [-0.15, -0.1) is 11.8 Å². The highest BCUT2D eigenvalue weighted by Crippen LogP contribution is 2.31. The van der Waals surface area contributed by atoms with Gasteiger partial charge in [0.25, 0.3) is 0 Å². The average Bonchev–Trinajstić information content (AvgIpc) is 2.41. The van der Waals surface area contributed by atoms with Crippen molar-refractivity contribution in [1.82, 2.24) is 5.32 Å². The van der Waals surface area contributed by atoms with Crippen molar-refractivity contribution in [3.8, 4) is 0 Å². The number of hydrogen-bond donors (Lipinski definition) is 2. The van der Waals surface area contributed by atoms with E-state index < -0.39 is 0 Å². The van der Waals surface area contributed by atoms with Crippen molar-refractivity contribution in [2.45, 2.75) is 29.4 Å². The lowest BCUT2D eigenvalue weighted by molar-refractivity contribution is -0.120. The topological polar surface area (TPSA) is 55.1 Å². The average molecular weight is 254 g/mol. The molecule has 0 radical (unpaired) electrons. The molecule has 3 N–H and O–H groups in total. The van der Waals surface area contributed by atoms with Crippen molar-refractivity contribution in [3.05, 3.63) is 24.0 Å². The lowest BCUT2D eigenvalue weighted by Gasteiger charge is -2.12. The summed E-state index contributed by atoms with van der Waals surface area (Å²) in [5.41, 5.74) is 6.01. The van der Waals surface area contributed by atoms with E-state index in [-0.39, 0.29) is 17.0 Å². The van der Waals surface area contributed by atoms with Crippen LogP contribution in [-0.2, 0) is 4.79 Å². The molecule has 0 aromatic heterocycles. The van der Waals surface area contributed by atoms with Crippen LogP contribution in [0.4, 0.5) is 10.1 Å². The van der Waals surface area contributed by atoms with Crippen molar-refractivity contribution in [1.29, 1.82) is 0 Å². The summed E-state index contributed by atoms with van der Waals surface area (Å²) in [6.45, 7) is 0.737. The molecule has 92 valence electrons. The van der Waals surface area contributed by atoms with Gasteiger partial charge in [0.05, 0.1) is 0 Å². The number of amides is 1. The number of nitrogens with one attached hydrogen (secondary N) is 1. The van der Waals surface area contributed by atoms with Crippen molar-refractivity contribution in [3.63, 3.8) is 0 Å². The summed E-state index contributed by atoms with van der Waals surface area (Å²) in [4.78, 5) is 12.2. The number of carbonyl (C=O) groups excluding carboxylic acids is 1. The van der Waals surface area contributed by atoms with E-state index in [0.717, 1.165) is 24.3 Å². The maximum absolute atomic E-state index is 13.2. The molecule has 17 heavy (non-hydrogen) atoms. The second-order valence-corrected chi connectivity index (χ2v) is 5.53. The fourth-order valence-electron chi connectivity index (χ4n) is 1.88. The fraction of sp³-hybridized carbons (Fsp3) is 0.417. The Morgan fingerprint density at radius 3 is 3.00 bits per heavy atom. The van der Waals surface area contributed by atoms with Crippen LogP contribution in [-0.4, -0.2) is 17.7 Å². The number of hydrogen-bond acceptors (Lipinski definition) is 3. The van der Waals surface area contributed by atoms with Gasteiger partial charge in [0.1, 0.15) is 5.82 Å². The number of nitrogens with two attached hydrogens (primary N) is 1. The summed E-state index contributed by atoms with van der Waals surface area (Å²) < 4.78 is 13.2. The third-order valence-corrected chi connectivity index (χ3v) is 3.88. The first-order valence-corrected chi connectivity index (χ1v) is 6.51. The van der Waals surface area contributed by atoms with Gasteiger partial charge in [-0.1, -0.05) is 0 Å². The summed E-state index contributed by atoms with van der Waals surface area (Å²) in [6, 6.07) is 4.50. The predicted molar refractivity (Wildman–Crippen MR) is 67.3 cm³/mol. The van der Waals surface area contributed by atoms with E-state index >= 15 is 0 Å². The number of rotatable bonds is 2. The number of benzene rings is 1. The molecule has 1 aromatic carbocycles. The van der Waals surface area contributed by atoms with Gasteiger partial charge in [-0.25, -0.2) is 4.39 Å². The van der Waals surface area contributed by atoms with Crippen LogP contribution in [0.25, 0.3) is 0 Å². The van der Waals surface area contributed by atoms with Crippen LogP contribution in [0, 0.1) is 5.82 Å². The third kappa shape index (κ3) is 3.63. The highest BCUT2D eigenvalue weighted by molar-refractivity contribution is 8.00. The minimum absolute atomic E-state index is 0.0735. The summed E-state index contributed by atoms with van der Waals surface area (Å²) in [7, 11) is 0. The van der Waals surface area contributed by atoms with Gasteiger partial charge < -0.3 is 11.1 Å². The normalized spacial score (nSPS) is 20.8. The maximum atomic E-state index is 13.2. The van der Waals surface area contributed by atoms with E-state index in [9.17, 15) is 9.18 Å². The first kappa shape index (κ1) is 12.2. The summed E-state index contributed by atoms with van der Waals surface area (Å²) in [5.74, 6) is -0.255. The Bertz CT molecular complexity index is 405. The molecule has 0 spiro atoms. The molecule has 1 aliphatic heterocycles. The first-order chi connectivity index (χ1) is 8.13. The number of nitrogen functional groups attached to an aromatic ring is 1. The molecule has 0 saturated carbocycles. The van der Waals surface area contributed by atoms with E-state index in [0.29, 0.717) is 12.1 Å². The smallest absolute Gasteiger partial charge is 0.221 e. The zero-order valence-corrected chi connectivity index (χ0v) is 10.2. The molecule has 3 nitrogen and oxygen atoms in total. The third-order valence-electron chi connectivity index (χ3n) is 2.63. The van der Waals surface area contributed by atoms with Crippen molar-refractivity contribution >= 4 is 23.4 Å². The first-order valence-electron chi connectivity index (χ1n) is 5.63. The molecule has 1 saturated heterocycles. The van der Waals surface area contributed by atoms with E-state index in [1.807, 2.05) is 0 Å². The molecule has 5 heteroatoms. The number of thioether (sulfide) groups is 1. The second kappa shape index (κ2) is 5.40. The molecular weight excluding hydrogens is 239 g/mol. The minimum Gasteiger partial charge on any atom is -0.399 e. The van der Waals surface area contributed by atoms with Gasteiger partial charge >= 0.3 is 0 Å². The number of anilines is 1. The molecule has 1 heterocycles. The van der Waals surface area contributed by atoms with Gasteiger partial charge in [0.15, 0.2) is 0 Å². The Hall–Kier alpha value is -1.23. The van der Waals surface area contributed by atoms with Crippen molar-refractivity contribution < 1.29 is 9.18 Å². The summed E-state index contributed by atoms with van der Waals surface area (Å²) in [6.07, 6.45) is 2.41. The fourth-order valence-corrected chi connectivity index (χ4v) is 3.17. The van der Waals surface area contributed by atoms with E-state index in [1.165, 1.54) is 23.9 Å². The zero-order chi connectivity index (χ0) is 12.3.